The average molecular weight is 253 g/mol. The van der Waals surface area contributed by atoms with Crippen LogP contribution in [0.15, 0.2) is 0 Å². The van der Waals surface area contributed by atoms with Crippen molar-refractivity contribution >= 4 is 20.7 Å². The number of aliphatic carboxylic acids is 2. The SMILES string of the molecule is O=C(O)CC(NCCC[Si](O)(O)O)C(=O)O. The Balaban J connectivity index is 3.86. The van der Waals surface area contributed by atoms with Gasteiger partial charge in [-0.15, -0.1) is 0 Å². The van der Waals surface area contributed by atoms with Crippen LogP contribution >= 0.6 is 0 Å². The van der Waals surface area contributed by atoms with Crippen molar-refractivity contribution in [1.29, 1.82) is 0 Å². The largest absolute Gasteiger partial charge is 0.492 e. The Morgan fingerprint density at radius 2 is 1.75 bits per heavy atom. The van der Waals surface area contributed by atoms with Crippen LogP contribution in [-0.4, -0.2) is 57.9 Å². The lowest BCUT2D eigenvalue weighted by atomic mass is 10.2. The molecule has 1 atom stereocenters. The van der Waals surface area contributed by atoms with E-state index < -0.39 is 33.2 Å². The Morgan fingerprint density at radius 3 is 2.12 bits per heavy atom. The van der Waals surface area contributed by atoms with Gasteiger partial charge in [-0.25, -0.2) is 0 Å². The highest BCUT2D eigenvalue weighted by Crippen LogP contribution is 2.01. The van der Waals surface area contributed by atoms with Crippen LogP contribution in [-0.2, 0) is 9.59 Å². The number of carbonyl (C=O) groups is 2. The highest BCUT2D eigenvalue weighted by molar-refractivity contribution is 6.56. The minimum Gasteiger partial charge on any atom is -0.481 e. The molecule has 0 aromatic heterocycles. The number of hydrogen-bond acceptors (Lipinski definition) is 6. The van der Waals surface area contributed by atoms with Gasteiger partial charge in [0.15, 0.2) is 0 Å². The van der Waals surface area contributed by atoms with Crippen LogP contribution in [0.5, 0.6) is 0 Å². The van der Waals surface area contributed by atoms with E-state index >= 15 is 0 Å². The summed E-state index contributed by atoms with van der Waals surface area (Å²) in [6, 6.07) is -1.44. The molecule has 0 saturated heterocycles. The molecule has 0 bridgehead atoms. The summed E-state index contributed by atoms with van der Waals surface area (Å²) in [5, 5.41) is 19.4. The van der Waals surface area contributed by atoms with Crippen LogP contribution in [0.1, 0.15) is 12.8 Å². The fraction of sp³-hybridized carbons (Fsp3) is 0.714. The Hall–Kier alpha value is -1.00. The molecule has 8 nitrogen and oxygen atoms in total. The first kappa shape index (κ1) is 15.0. The van der Waals surface area contributed by atoms with Gasteiger partial charge in [-0.2, -0.15) is 0 Å². The summed E-state index contributed by atoms with van der Waals surface area (Å²) in [5.74, 6) is -2.53. The molecule has 0 aliphatic carbocycles. The van der Waals surface area contributed by atoms with Crippen molar-refractivity contribution in [2.75, 3.05) is 6.54 Å². The second-order valence-electron chi connectivity index (χ2n) is 3.32. The normalized spacial score (nSPS) is 13.4. The maximum absolute atomic E-state index is 10.6. The molecule has 94 valence electrons. The monoisotopic (exact) mass is 253 g/mol. The number of carboxylic acids is 2. The van der Waals surface area contributed by atoms with Gasteiger partial charge >= 0.3 is 20.7 Å². The lowest BCUT2D eigenvalue weighted by Crippen LogP contribution is -2.40. The lowest BCUT2D eigenvalue weighted by molar-refractivity contribution is -0.145. The smallest absolute Gasteiger partial charge is 0.481 e. The zero-order valence-corrected chi connectivity index (χ0v) is 9.46. The van der Waals surface area contributed by atoms with Crippen LogP contribution in [0.2, 0.25) is 6.04 Å². The Bertz CT molecular complexity index is 252. The van der Waals surface area contributed by atoms with E-state index in [-0.39, 0.29) is 19.0 Å². The van der Waals surface area contributed by atoms with Crippen LogP contribution in [0.3, 0.4) is 0 Å². The second kappa shape index (κ2) is 6.55. The molecule has 0 aliphatic heterocycles. The Labute approximate surface area is 92.5 Å². The van der Waals surface area contributed by atoms with Crippen molar-refractivity contribution in [2.45, 2.75) is 24.9 Å². The summed E-state index contributed by atoms with van der Waals surface area (Å²) in [4.78, 5) is 46.8. The molecule has 9 heteroatoms. The van der Waals surface area contributed by atoms with Gasteiger partial charge in [0.1, 0.15) is 6.04 Å². The van der Waals surface area contributed by atoms with Gasteiger partial charge in [-0.1, -0.05) is 0 Å². The van der Waals surface area contributed by atoms with Crippen LogP contribution in [0.4, 0.5) is 0 Å². The Kier molecular flexibility index (Phi) is 6.14. The minimum atomic E-state index is -4.09. The average Bonchev–Trinajstić information content (AvgIpc) is 2.07. The molecule has 0 fully saturated rings. The number of rotatable bonds is 8. The van der Waals surface area contributed by atoms with Crippen molar-refractivity contribution in [2.24, 2.45) is 0 Å². The van der Waals surface area contributed by atoms with E-state index in [0.29, 0.717) is 0 Å². The summed E-state index contributed by atoms with van der Waals surface area (Å²) >= 11 is 0. The molecule has 16 heavy (non-hydrogen) atoms. The molecule has 0 aromatic carbocycles. The first-order valence-electron chi connectivity index (χ1n) is 4.57. The molecule has 0 amide bonds. The van der Waals surface area contributed by atoms with Crippen LogP contribution < -0.4 is 5.32 Å². The zero-order valence-electron chi connectivity index (χ0n) is 8.46. The number of hydrogen-bond donors (Lipinski definition) is 6. The molecule has 0 spiro atoms. The Morgan fingerprint density at radius 1 is 1.19 bits per heavy atom. The van der Waals surface area contributed by atoms with E-state index in [1.54, 1.807) is 0 Å². The van der Waals surface area contributed by atoms with Crippen molar-refractivity contribution in [3.05, 3.63) is 0 Å². The van der Waals surface area contributed by atoms with Gasteiger partial charge in [0, 0.05) is 6.04 Å². The molecule has 6 N–H and O–H groups in total. The predicted octanol–water partition coefficient (Wildman–Crippen LogP) is -2.19. The summed E-state index contributed by atoms with van der Waals surface area (Å²) in [6.07, 6.45) is -0.408. The molecule has 0 radical (unpaired) electrons. The standard InChI is InChI=1S/C7H15NO7Si/c9-6(10)4-5(7(11)12)8-2-1-3-16(13,14)15/h5,8,13-15H,1-4H2,(H,9,10)(H,11,12). The lowest BCUT2D eigenvalue weighted by Gasteiger charge is -2.13. The fourth-order valence-electron chi connectivity index (χ4n) is 1.02. The molecule has 0 aromatic rings. The molecule has 0 aliphatic rings. The molecule has 0 rings (SSSR count). The number of nitrogens with one attached hydrogen (secondary N) is 1. The summed E-state index contributed by atoms with van der Waals surface area (Å²) < 4.78 is 0. The maximum atomic E-state index is 10.6. The molecular formula is C7H15NO7Si. The zero-order chi connectivity index (χ0) is 12.8. The summed E-state index contributed by atoms with van der Waals surface area (Å²) in [7, 11) is -4.09. The third kappa shape index (κ3) is 8.32. The predicted molar refractivity (Wildman–Crippen MR) is 53.5 cm³/mol. The van der Waals surface area contributed by atoms with Gasteiger partial charge in [0.2, 0.25) is 0 Å². The third-order valence-electron chi connectivity index (χ3n) is 1.76. The van der Waals surface area contributed by atoms with Crippen molar-refractivity contribution in [3.63, 3.8) is 0 Å². The number of carboxylic acid groups (broad SMARTS) is 2. The quantitative estimate of drug-likeness (QED) is 0.211. The van der Waals surface area contributed by atoms with E-state index in [1.165, 1.54) is 0 Å². The first-order chi connectivity index (χ1) is 7.22. The van der Waals surface area contributed by atoms with Gasteiger partial charge in [0.25, 0.3) is 0 Å². The van der Waals surface area contributed by atoms with E-state index in [1.807, 2.05) is 0 Å². The van der Waals surface area contributed by atoms with Gasteiger partial charge in [-0.05, 0) is 13.0 Å². The summed E-state index contributed by atoms with van der Waals surface area (Å²) in [5.41, 5.74) is 0. The van der Waals surface area contributed by atoms with Crippen molar-refractivity contribution < 1.29 is 34.2 Å². The minimum absolute atomic E-state index is 0.0840. The highest BCUT2D eigenvalue weighted by Gasteiger charge is 2.26. The third-order valence-corrected chi connectivity index (χ3v) is 2.78. The van der Waals surface area contributed by atoms with E-state index in [4.69, 9.17) is 24.6 Å². The van der Waals surface area contributed by atoms with Crippen molar-refractivity contribution in [1.82, 2.24) is 5.32 Å². The second-order valence-corrected chi connectivity index (χ2v) is 5.37. The van der Waals surface area contributed by atoms with E-state index in [2.05, 4.69) is 5.32 Å². The fourth-order valence-corrected chi connectivity index (χ4v) is 1.67. The van der Waals surface area contributed by atoms with Crippen LogP contribution in [0, 0.1) is 0 Å². The topological polar surface area (TPSA) is 147 Å². The summed E-state index contributed by atoms with van der Waals surface area (Å²) in [6.45, 7) is 0.0840. The van der Waals surface area contributed by atoms with Crippen LogP contribution in [0.25, 0.3) is 0 Å². The van der Waals surface area contributed by atoms with Gasteiger partial charge in [-0.3, -0.25) is 9.59 Å². The molecular weight excluding hydrogens is 238 g/mol. The van der Waals surface area contributed by atoms with Gasteiger partial charge < -0.3 is 29.9 Å². The van der Waals surface area contributed by atoms with Crippen molar-refractivity contribution in [3.8, 4) is 0 Å². The molecule has 0 heterocycles. The van der Waals surface area contributed by atoms with Gasteiger partial charge in [0.05, 0.1) is 6.42 Å². The first-order valence-corrected chi connectivity index (χ1v) is 6.62. The van der Waals surface area contributed by atoms with E-state index in [9.17, 15) is 9.59 Å². The highest BCUT2D eigenvalue weighted by atomic mass is 28.4. The maximum Gasteiger partial charge on any atom is 0.492 e. The van der Waals surface area contributed by atoms with E-state index in [0.717, 1.165) is 0 Å². The molecule has 1 unspecified atom stereocenters. The molecule has 0 saturated carbocycles.